The van der Waals surface area contributed by atoms with Crippen LogP contribution >= 0.6 is 0 Å². The standard InChI is InChI=1S/C24H35N3O3/c1-5-8-9-10-11-12-17-30-24(29)23-21(6-2)26-22(7-3)27(23)20-15-13-19(14-16-20)25-18(4)28/h13-16H,5-12,17H2,1-4H3,(H,25,28). The summed E-state index contributed by atoms with van der Waals surface area (Å²) in [4.78, 5) is 28.9. The van der Waals surface area contributed by atoms with Crippen LogP contribution in [0.2, 0.25) is 0 Å². The zero-order valence-electron chi connectivity index (χ0n) is 18.8. The molecule has 1 aromatic heterocycles. The summed E-state index contributed by atoms with van der Waals surface area (Å²) in [5.74, 6) is 0.385. The van der Waals surface area contributed by atoms with Gasteiger partial charge in [0.1, 0.15) is 5.82 Å². The van der Waals surface area contributed by atoms with Gasteiger partial charge in [-0.25, -0.2) is 9.78 Å². The first-order valence-electron chi connectivity index (χ1n) is 11.2. The second kappa shape index (κ2) is 12.2. The molecule has 1 N–H and O–H groups in total. The molecule has 1 amide bonds. The van der Waals surface area contributed by atoms with E-state index >= 15 is 0 Å². The average Bonchev–Trinajstić information content (AvgIpc) is 3.12. The number of esters is 1. The Morgan fingerprint density at radius 2 is 1.63 bits per heavy atom. The van der Waals surface area contributed by atoms with Crippen LogP contribution in [0.3, 0.4) is 0 Å². The highest BCUT2D eigenvalue weighted by Gasteiger charge is 2.23. The van der Waals surface area contributed by atoms with Gasteiger partial charge in [0, 0.05) is 24.7 Å². The lowest BCUT2D eigenvalue weighted by Gasteiger charge is -2.13. The fourth-order valence-electron chi connectivity index (χ4n) is 3.50. The number of nitrogens with zero attached hydrogens (tertiary/aromatic N) is 2. The number of amides is 1. The number of nitrogens with one attached hydrogen (secondary N) is 1. The molecule has 0 atom stereocenters. The van der Waals surface area contributed by atoms with Crippen molar-refractivity contribution in [2.45, 2.75) is 79.1 Å². The van der Waals surface area contributed by atoms with E-state index in [0.717, 1.165) is 30.0 Å². The molecule has 6 nitrogen and oxygen atoms in total. The maximum absolute atomic E-state index is 13.0. The van der Waals surface area contributed by atoms with Crippen LogP contribution in [-0.2, 0) is 22.4 Å². The van der Waals surface area contributed by atoms with Gasteiger partial charge in [-0.05, 0) is 37.1 Å². The topological polar surface area (TPSA) is 73.2 Å². The van der Waals surface area contributed by atoms with E-state index in [1.54, 1.807) is 0 Å². The highest BCUT2D eigenvalue weighted by molar-refractivity contribution is 5.90. The minimum Gasteiger partial charge on any atom is -0.461 e. The van der Waals surface area contributed by atoms with E-state index in [1.165, 1.54) is 32.6 Å². The molecule has 2 aromatic rings. The molecule has 0 saturated heterocycles. The number of hydrogen-bond donors (Lipinski definition) is 1. The van der Waals surface area contributed by atoms with Crippen LogP contribution in [0.15, 0.2) is 24.3 Å². The highest BCUT2D eigenvalue weighted by Crippen LogP contribution is 2.23. The smallest absolute Gasteiger partial charge is 0.357 e. The summed E-state index contributed by atoms with van der Waals surface area (Å²) in [7, 11) is 0. The molecule has 0 radical (unpaired) electrons. The van der Waals surface area contributed by atoms with Gasteiger partial charge in [0.15, 0.2) is 5.69 Å². The van der Waals surface area contributed by atoms with E-state index in [0.29, 0.717) is 30.8 Å². The number of unbranched alkanes of at least 4 members (excludes halogenated alkanes) is 5. The maximum Gasteiger partial charge on any atom is 0.357 e. The van der Waals surface area contributed by atoms with E-state index in [2.05, 4.69) is 17.2 Å². The minimum absolute atomic E-state index is 0.119. The van der Waals surface area contributed by atoms with Gasteiger partial charge in [-0.3, -0.25) is 9.36 Å². The molecule has 0 bridgehead atoms. The monoisotopic (exact) mass is 413 g/mol. The van der Waals surface area contributed by atoms with Crippen molar-refractivity contribution in [2.75, 3.05) is 11.9 Å². The molecule has 0 saturated carbocycles. The minimum atomic E-state index is -0.321. The third-order valence-corrected chi connectivity index (χ3v) is 5.04. The molecule has 1 heterocycles. The van der Waals surface area contributed by atoms with E-state index in [1.807, 2.05) is 42.7 Å². The Kier molecular flexibility index (Phi) is 9.58. The van der Waals surface area contributed by atoms with Gasteiger partial charge in [0.25, 0.3) is 0 Å². The molecule has 0 aliphatic heterocycles. The number of carbonyl (C=O) groups is 2. The van der Waals surface area contributed by atoms with Crippen molar-refractivity contribution in [1.29, 1.82) is 0 Å². The maximum atomic E-state index is 13.0. The van der Waals surface area contributed by atoms with Crippen LogP contribution in [-0.4, -0.2) is 28.0 Å². The molecule has 0 aliphatic carbocycles. The average molecular weight is 414 g/mol. The van der Waals surface area contributed by atoms with Crippen LogP contribution in [0.5, 0.6) is 0 Å². The predicted octanol–water partition coefficient (Wildman–Crippen LogP) is 5.47. The number of ether oxygens (including phenoxy) is 1. The summed E-state index contributed by atoms with van der Waals surface area (Å²) in [6.45, 7) is 8.13. The number of hydrogen-bond acceptors (Lipinski definition) is 4. The second-order valence-corrected chi connectivity index (χ2v) is 7.50. The van der Waals surface area contributed by atoms with Crippen molar-refractivity contribution in [3.8, 4) is 5.69 Å². The fourth-order valence-corrected chi connectivity index (χ4v) is 3.50. The Labute approximate surface area is 180 Å². The molecule has 164 valence electrons. The molecule has 0 spiro atoms. The number of anilines is 1. The van der Waals surface area contributed by atoms with Crippen molar-refractivity contribution in [1.82, 2.24) is 9.55 Å². The van der Waals surface area contributed by atoms with Gasteiger partial charge in [-0.2, -0.15) is 0 Å². The van der Waals surface area contributed by atoms with E-state index in [4.69, 9.17) is 4.74 Å². The quantitative estimate of drug-likeness (QED) is 0.370. The van der Waals surface area contributed by atoms with Gasteiger partial charge in [-0.15, -0.1) is 0 Å². The van der Waals surface area contributed by atoms with E-state index in [-0.39, 0.29) is 11.9 Å². The molecule has 1 aromatic carbocycles. The first kappa shape index (κ1) is 23.6. The second-order valence-electron chi connectivity index (χ2n) is 7.50. The third-order valence-electron chi connectivity index (χ3n) is 5.04. The van der Waals surface area contributed by atoms with Crippen LogP contribution in [0.4, 0.5) is 5.69 Å². The first-order chi connectivity index (χ1) is 14.5. The number of rotatable bonds is 12. The summed E-state index contributed by atoms with van der Waals surface area (Å²) in [5.41, 5.74) is 2.81. The predicted molar refractivity (Wildman–Crippen MR) is 120 cm³/mol. The Morgan fingerprint density at radius 3 is 2.23 bits per heavy atom. The molecule has 2 rings (SSSR count). The van der Waals surface area contributed by atoms with Gasteiger partial charge in [0.05, 0.1) is 12.3 Å². The largest absolute Gasteiger partial charge is 0.461 e. The molecular weight excluding hydrogens is 378 g/mol. The van der Waals surface area contributed by atoms with Crippen molar-refractivity contribution in [2.24, 2.45) is 0 Å². The molecular formula is C24H35N3O3. The zero-order chi connectivity index (χ0) is 21.9. The summed E-state index contributed by atoms with van der Waals surface area (Å²) in [6.07, 6.45) is 8.24. The van der Waals surface area contributed by atoms with Crippen LogP contribution in [0.1, 0.15) is 88.2 Å². The van der Waals surface area contributed by atoms with E-state index < -0.39 is 0 Å². The molecule has 0 fully saturated rings. The lowest BCUT2D eigenvalue weighted by atomic mass is 10.1. The first-order valence-corrected chi connectivity index (χ1v) is 11.2. The van der Waals surface area contributed by atoms with Crippen molar-refractivity contribution in [3.63, 3.8) is 0 Å². The molecule has 6 heteroatoms. The number of aromatic nitrogens is 2. The zero-order valence-corrected chi connectivity index (χ0v) is 18.8. The SMILES string of the molecule is CCCCCCCCOC(=O)c1c(CC)nc(CC)n1-c1ccc(NC(C)=O)cc1. The van der Waals surface area contributed by atoms with Gasteiger partial charge >= 0.3 is 5.97 Å². The lowest BCUT2D eigenvalue weighted by Crippen LogP contribution is -2.15. The van der Waals surface area contributed by atoms with Crippen molar-refractivity contribution >= 4 is 17.6 Å². The third kappa shape index (κ3) is 6.44. The van der Waals surface area contributed by atoms with Gasteiger partial charge in [0.2, 0.25) is 5.91 Å². The van der Waals surface area contributed by atoms with Crippen LogP contribution in [0, 0.1) is 0 Å². The summed E-state index contributed by atoms with van der Waals surface area (Å²) in [5, 5.41) is 2.76. The summed E-state index contributed by atoms with van der Waals surface area (Å²) in [6, 6.07) is 7.42. The lowest BCUT2D eigenvalue weighted by molar-refractivity contribution is -0.114. The Balaban J connectivity index is 2.17. The molecule has 30 heavy (non-hydrogen) atoms. The number of carbonyl (C=O) groups excluding carboxylic acids is 2. The number of aryl methyl sites for hydroxylation is 2. The highest BCUT2D eigenvalue weighted by atomic mass is 16.5. The van der Waals surface area contributed by atoms with E-state index in [9.17, 15) is 9.59 Å². The van der Waals surface area contributed by atoms with Crippen molar-refractivity contribution < 1.29 is 14.3 Å². The van der Waals surface area contributed by atoms with Crippen LogP contribution < -0.4 is 5.32 Å². The van der Waals surface area contributed by atoms with Gasteiger partial charge in [-0.1, -0.05) is 52.9 Å². The number of imidazole rings is 1. The van der Waals surface area contributed by atoms with Gasteiger partial charge < -0.3 is 10.1 Å². The molecule has 0 unspecified atom stereocenters. The molecule has 0 aliphatic rings. The summed E-state index contributed by atoms with van der Waals surface area (Å²) < 4.78 is 7.51. The van der Waals surface area contributed by atoms with Crippen LogP contribution in [0.25, 0.3) is 5.69 Å². The Hall–Kier alpha value is -2.63. The number of benzene rings is 1. The normalized spacial score (nSPS) is 10.8. The van der Waals surface area contributed by atoms with Crippen molar-refractivity contribution in [3.05, 3.63) is 41.5 Å². The Morgan fingerprint density at radius 1 is 0.967 bits per heavy atom. The summed E-state index contributed by atoms with van der Waals surface area (Å²) >= 11 is 0. The Bertz CT molecular complexity index is 825. The fraction of sp³-hybridized carbons (Fsp3) is 0.542.